The molecule has 70 heavy (non-hydrogen) atoms. The molecular formula is C38H30F16N10O2S4. The number of thiol groups is 2. The van der Waals surface area contributed by atoms with E-state index in [1.165, 1.54) is 12.4 Å². The van der Waals surface area contributed by atoms with Gasteiger partial charge in [-0.25, -0.2) is 46.3 Å². The molecule has 12 nitrogen and oxygen atoms in total. The quantitative estimate of drug-likeness (QED) is 0.0391. The number of nitrogens with zero attached hydrogens (tertiary/aromatic N) is 8. The maximum absolute atomic E-state index is 14.2. The topological polar surface area (TPSA) is 188 Å². The molecule has 0 unspecified atom stereocenters. The second kappa shape index (κ2) is 17.7. The van der Waals surface area contributed by atoms with Crippen LogP contribution >= 0.6 is 20.4 Å². The van der Waals surface area contributed by atoms with E-state index in [1.54, 1.807) is 0 Å². The zero-order valence-corrected chi connectivity index (χ0v) is 38.1. The van der Waals surface area contributed by atoms with Gasteiger partial charge in [0, 0.05) is 46.1 Å². The zero-order chi connectivity index (χ0) is 52.6. The Balaban J connectivity index is 0.000000261. The van der Waals surface area contributed by atoms with Crippen molar-refractivity contribution in [1.29, 1.82) is 10.5 Å². The van der Waals surface area contributed by atoms with Gasteiger partial charge in [-0.05, 0) is 84.3 Å². The highest BCUT2D eigenvalue weighted by molar-refractivity contribution is 8.46. The van der Waals surface area contributed by atoms with Crippen molar-refractivity contribution in [2.75, 3.05) is 23.1 Å². The number of rotatable bonds is 12. The van der Waals surface area contributed by atoms with Crippen LogP contribution in [0.2, 0.25) is 0 Å². The first-order valence-corrected chi connectivity index (χ1v) is 26.9. The Labute approximate surface area is 386 Å². The highest BCUT2D eigenvalue weighted by Gasteiger charge is 2.66. The fourth-order valence-electron chi connectivity index (χ4n) is 5.90. The minimum Gasteiger partial charge on any atom is -0.343 e. The summed E-state index contributed by atoms with van der Waals surface area (Å²) in [6.45, 7) is 0. The fourth-order valence-corrected chi connectivity index (χ4v) is 9.63. The second-order valence-electron chi connectivity index (χ2n) is 14.8. The van der Waals surface area contributed by atoms with Crippen molar-refractivity contribution in [3.05, 3.63) is 131 Å². The van der Waals surface area contributed by atoms with Gasteiger partial charge >= 0.3 is 20.4 Å². The number of aromatic nitrogens is 4. The van der Waals surface area contributed by atoms with Crippen LogP contribution in [0, 0.1) is 57.8 Å². The number of halogens is 16. The lowest BCUT2D eigenvalue weighted by molar-refractivity contribution is 0.360. The van der Waals surface area contributed by atoms with Crippen molar-refractivity contribution in [2.24, 2.45) is 8.73 Å². The molecule has 4 aromatic carbocycles. The van der Waals surface area contributed by atoms with E-state index in [2.05, 4.69) is 39.3 Å². The van der Waals surface area contributed by atoms with Crippen molar-refractivity contribution in [1.82, 2.24) is 19.9 Å². The van der Waals surface area contributed by atoms with Crippen LogP contribution in [0.15, 0.2) is 104 Å². The predicted molar refractivity (Wildman–Crippen MR) is 235 cm³/mol. The normalized spacial score (nSPS) is 14.4. The Hall–Kier alpha value is -6.58. The average molecular weight is 1090 g/mol. The molecule has 0 spiro atoms. The Morgan fingerprint density at radius 2 is 0.871 bits per heavy atom. The summed E-state index contributed by atoms with van der Waals surface area (Å²) in [5.41, 5.74) is -4.47. The number of hydrogen-bond donors (Lipinski definition) is 6. The van der Waals surface area contributed by atoms with Crippen molar-refractivity contribution in [3.8, 4) is 34.9 Å². The van der Waals surface area contributed by atoms with E-state index >= 15 is 0 Å². The first kappa shape index (κ1) is 54.4. The van der Waals surface area contributed by atoms with Crippen LogP contribution in [0.3, 0.4) is 0 Å². The molecule has 0 aliphatic rings. The largest absolute Gasteiger partial charge is 0.343 e. The van der Waals surface area contributed by atoms with Gasteiger partial charge in [0.1, 0.15) is 44.4 Å². The molecule has 0 bridgehead atoms. The smallest absolute Gasteiger partial charge is 0.310 e. The minimum absolute atomic E-state index is 0.0600. The SMILES string of the molecule is C[SH](O)(Cc1cc(Nc2ncc(F)c(-c3ccc(F)cc3F)n2)cc(S(F)(F)(F)(F)F)c1)=NC#N.C[SH](O)(Cc1cc(Nc2ncc(F)c(-c3ccc(F)cc3F)n2)cc(S(F)(F)(F)(F)F)c1)=NC#N. The lowest BCUT2D eigenvalue weighted by Gasteiger charge is -2.41. The van der Waals surface area contributed by atoms with Crippen LogP contribution in [0.4, 0.5) is 88.5 Å². The van der Waals surface area contributed by atoms with E-state index in [1.807, 2.05) is 0 Å². The van der Waals surface area contributed by atoms with Gasteiger partial charge < -0.3 is 19.7 Å². The van der Waals surface area contributed by atoms with E-state index in [9.17, 15) is 74.3 Å². The number of benzene rings is 4. The van der Waals surface area contributed by atoms with Gasteiger partial charge in [0.15, 0.2) is 11.6 Å². The summed E-state index contributed by atoms with van der Waals surface area (Å²) in [5, 5.41) is 21.7. The molecular weight excluding hydrogens is 1060 g/mol. The molecule has 0 radical (unpaired) electrons. The molecule has 6 rings (SSSR count). The minimum atomic E-state index is -10.2. The molecule has 0 aliphatic carbocycles. The van der Waals surface area contributed by atoms with Gasteiger partial charge in [-0.3, -0.25) is 0 Å². The zero-order valence-electron chi connectivity index (χ0n) is 34.7. The second-order valence-corrected chi connectivity index (χ2v) is 25.0. The molecule has 6 aromatic rings. The maximum atomic E-state index is 14.2. The van der Waals surface area contributed by atoms with Gasteiger partial charge in [0.05, 0.1) is 12.4 Å². The van der Waals surface area contributed by atoms with Crippen molar-refractivity contribution < 1.29 is 74.3 Å². The van der Waals surface area contributed by atoms with Crippen LogP contribution < -0.4 is 10.6 Å². The summed E-state index contributed by atoms with van der Waals surface area (Å²) in [6, 6.07) is 6.54. The molecule has 4 N–H and O–H groups in total. The van der Waals surface area contributed by atoms with E-state index in [0.717, 1.165) is 48.9 Å². The van der Waals surface area contributed by atoms with Crippen molar-refractivity contribution >= 4 is 63.9 Å². The summed E-state index contributed by atoms with van der Waals surface area (Å²) in [6.07, 6.45) is 5.89. The van der Waals surface area contributed by atoms with Crippen molar-refractivity contribution in [3.63, 3.8) is 0 Å². The fraction of sp³-hybridized carbons (Fsp3) is 0.105. The first-order chi connectivity index (χ1) is 31.7. The van der Waals surface area contributed by atoms with Gasteiger partial charge in [-0.2, -0.15) is 10.5 Å². The standard InChI is InChI=1S/2C19H15F8N5OS2/c2*1-34(33,30-10-28)9-11-4-13(7-14(5-11)35(23,24,25,26)27)31-19-29-8-17(22)18(32-19)15-3-2-12(20)6-16(15)21/h2*2-8,34H,9H2,1H3,(H,30,33)(H,29,31,32). The van der Waals surface area contributed by atoms with E-state index < -0.39 is 154 Å². The molecule has 0 fully saturated rings. The van der Waals surface area contributed by atoms with E-state index in [0.29, 0.717) is 24.5 Å². The third kappa shape index (κ3) is 14.7. The Morgan fingerprint density at radius 1 is 0.529 bits per heavy atom. The predicted octanol–water partition coefficient (Wildman–Crippen LogP) is 14.2. The molecule has 0 amide bonds. The van der Waals surface area contributed by atoms with Crippen LogP contribution in [0.5, 0.6) is 0 Å². The van der Waals surface area contributed by atoms with Gasteiger partial charge in [0.2, 0.25) is 24.3 Å². The third-order valence-electron chi connectivity index (χ3n) is 8.68. The summed E-state index contributed by atoms with van der Waals surface area (Å²) >= 11 is 0. The van der Waals surface area contributed by atoms with Crippen LogP contribution in [-0.4, -0.2) is 41.6 Å². The highest BCUT2D eigenvalue weighted by atomic mass is 32.5. The lowest BCUT2D eigenvalue weighted by atomic mass is 10.1. The Morgan fingerprint density at radius 3 is 1.17 bits per heavy atom. The monoisotopic (exact) mass is 1090 g/mol. The maximum Gasteiger partial charge on any atom is 0.310 e. The third-order valence-corrected chi connectivity index (χ3v) is 13.9. The lowest BCUT2D eigenvalue weighted by Crippen LogP contribution is -2.13. The highest BCUT2D eigenvalue weighted by Crippen LogP contribution is 3.03. The van der Waals surface area contributed by atoms with Crippen LogP contribution in [0.1, 0.15) is 11.1 Å². The van der Waals surface area contributed by atoms with Crippen LogP contribution in [0.25, 0.3) is 22.5 Å². The average Bonchev–Trinajstić information content (AvgIpc) is 3.18. The first-order valence-electron chi connectivity index (χ1n) is 18.4. The molecule has 0 saturated heterocycles. The van der Waals surface area contributed by atoms with Gasteiger partial charge in [-0.15, -0.1) is 8.73 Å². The number of nitriles is 2. The Bertz CT molecular complexity index is 3060. The van der Waals surface area contributed by atoms with Gasteiger partial charge in [-0.1, -0.05) is 59.1 Å². The Kier molecular flexibility index (Phi) is 13.7. The number of hydrogen-bond acceptors (Lipinski definition) is 10. The molecule has 0 aliphatic heterocycles. The summed E-state index contributed by atoms with van der Waals surface area (Å²) < 4.78 is 245. The molecule has 0 atom stereocenters. The molecule has 2 heterocycles. The van der Waals surface area contributed by atoms with Crippen molar-refractivity contribution in [2.45, 2.75) is 21.3 Å². The number of nitrogens with one attached hydrogen (secondary N) is 2. The molecule has 32 heteroatoms. The molecule has 2 aromatic heterocycles. The molecule has 0 saturated carbocycles. The van der Waals surface area contributed by atoms with Gasteiger partial charge in [0.25, 0.3) is 0 Å². The number of anilines is 4. The summed E-state index contributed by atoms with van der Waals surface area (Å²) in [7, 11) is -27.3. The van der Waals surface area contributed by atoms with Crippen LogP contribution in [-0.2, 0) is 31.7 Å². The summed E-state index contributed by atoms with van der Waals surface area (Å²) in [4.78, 5) is 9.73. The summed E-state index contributed by atoms with van der Waals surface area (Å²) in [5.74, 6) is -9.08. The van der Waals surface area contributed by atoms with E-state index in [4.69, 9.17) is 10.5 Å². The molecule has 380 valence electrons. The van der Waals surface area contributed by atoms with E-state index in [-0.39, 0.29) is 24.3 Å².